The fourth-order valence-corrected chi connectivity index (χ4v) is 2.84. The first-order valence-electron chi connectivity index (χ1n) is 4.94. The second kappa shape index (κ2) is 6.21. The lowest BCUT2D eigenvalue weighted by Crippen LogP contribution is -2.09. The summed E-state index contributed by atoms with van der Waals surface area (Å²) >= 11 is 2.35. The van der Waals surface area contributed by atoms with E-state index in [9.17, 15) is 26.7 Å². The number of carbonyl (C=O) groups excluding carboxylic acids is 1. The zero-order valence-electron chi connectivity index (χ0n) is 9.47. The molecule has 0 saturated carbocycles. The van der Waals surface area contributed by atoms with Gasteiger partial charge >= 0.3 is 5.51 Å². The third-order valence-electron chi connectivity index (χ3n) is 2.17. The van der Waals surface area contributed by atoms with Gasteiger partial charge in [0.05, 0.1) is 4.83 Å². The molecule has 0 aliphatic rings. The van der Waals surface area contributed by atoms with Crippen LogP contribution >= 0.6 is 27.7 Å². The SMILES string of the molecule is CC(=O)C(Br)c1c(SC(F)(F)F)cccc1C(F)F. The van der Waals surface area contributed by atoms with Gasteiger partial charge in [-0.25, -0.2) is 8.78 Å². The second-order valence-electron chi connectivity index (χ2n) is 3.58. The third-order valence-corrected chi connectivity index (χ3v) is 4.08. The van der Waals surface area contributed by atoms with Crippen LogP contribution in [-0.2, 0) is 4.79 Å². The van der Waals surface area contributed by atoms with Crippen molar-refractivity contribution >= 4 is 33.5 Å². The second-order valence-corrected chi connectivity index (χ2v) is 5.60. The first kappa shape index (κ1) is 16.4. The molecule has 0 aliphatic heterocycles. The number of alkyl halides is 6. The summed E-state index contributed by atoms with van der Waals surface area (Å²) in [6.07, 6.45) is -2.96. The molecule has 1 rings (SSSR count). The van der Waals surface area contributed by atoms with Crippen molar-refractivity contribution in [2.45, 2.75) is 28.6 Å². The van der Waals surface area contributed by atoms with Crippen LogP contribution in [0.5, 0.6) is 0 Å². The maximum Gasteiger partial charge on any atom is 0.446 e. The van der Waals surface area contributed by atoms with Crippen LogP contribution in [0, 0.1) is 0 Å². The largest absolute Gasteiger partial charge is 0.446 e. The highest BCUT2D eigenvalue weighted by Crippen LogP contribution is 2.44. The normalized spacial score (nSPS) is 13.7. The number of benzene rings is 1. The van der Waals surface area contributed by atoms with Crippen LogP contribution in [0.3, 0.4) is 0 Å². The number of hydrogen-bond donors (Lipinski definition) is 0. The van der Waals surface area contributed by atoms with Gasteiger partial charge < -0.3 is 0 Å². The topological polar surface area (TPSA) is 17.1 Å². The Labute approximate surface area is 118 Å². The molecule has 0 saturated heterocycles. The molecule has 0 amide bonds. The number of Topliss-reactive ketones (excluding diaryl/α,β-unsaturated/α-hetero) is 1. The minimum absolute atomic E-state index is 0.327. The summed E-state index contributed by atoms with van der Waals surface area (Å²) in [6, 6.07) is 3.19. The van der Waals surface area contributed by atoms with E-state index in [1.165, 1.54) is 0 Å². The first-order chi connectivity index (χ1) is 8.63. The summed E-state index contributed by atoms with van der Waals surface area (Å²) < 4.78 is 62.9. The molecule has 19 heavy (non-hydrogen) atoms. The minimum atomic E-state index is -4.61. The van der Waals surface area contributed by atoms with Crippen molar-refractivity contribution in [1.29, 1.82) is 0 Å². The Bertz CT molecular complexity index is 475. The number of rotatable bonds is 4. The Morgan fingerprint density at radius 3 is 2.32 bits per heavy atom. The van der Waals surface area contributed by atoms with Crippen molar-refractivity contribution in [2.75, 3.05) is 0 Å². The number of halogens is 6. The van der Waals surface area contributed by atoms with Crippen LogP contribution in [0.15, 0.2) is 23.1 Å². The van der Waals surface area contributed by atoms with Gasteiger partial charge in [0.2, 0.25) is 0 Å². The number of carbonyl (C=O) groups is 1. The van der Waals surface area contributed by atoms with Crippen molar-refractivity contribution in [2.24, 2.45) is 0 Å². The average Bonchev–Trinajstić information content (AvgIpc) is 2.25. The van der Waals surface area contributed by atoms with Crippen LogP contribution in [0.25, 0.3) is 0 Å². The van der Waals surface area contributed by atoms with Gasteiger partial charge in [-0.05, 0) is 30.3 Å². The molecule has 1 unspecified atom stereocenters. The maximum atomic E-state index is 12.8. The van der Waals surface area contributed by atoms with Crippen LogP contribution in [0.2, 0.25) is 0 Å². The summed E-state index contributed by atoms with van der Waals surface area (Å²) in [4.78, 5) is 9.66. The Hall–Kier alpha value is -0.630. The fraction of sp³-hybridized carbons (Fsp3) is 0.364. The van der Waals surface area contributed by atoms with E-state index in [2.05, 4.69) is 15.9 Å². The molecular formula is C11H8BrF5OS. The van der Waals surface area contributed by atoms with E-state index in [4.69, 9.17) is 0 Å². The molecule has 0 bridgehead atoms. The molecular weight excluding hydrogens is 355 g/mol. The van der Waals surface area contributed by atoms with Crippen LogP contribution in [0.4, 0.5) is 22.0 Å². The molecule has 1 aromatic carbocycles. The molecule has 0 N–H and O–H groups in total. The van der Waals surface area contributed by atoms with E-state index >= 15 is 0 Å². The summed E-state index contributed by atoms with van der Waals surface area (Å²) in [6.45, 7) is 1.11. The highest BCUT2D eigenvalue weighted by Gasteiger charge is 2.33. The molecule has 0 heterocycles. The van der Waals surface area contributed by atoms with E-state index in [-0.39, 0.29) is 5.56 Å². The minimum Gasteiger partial charge on any atom is -0.298 e. The highest BCUT2D eigenvalue weighted by molar-refractivity contribution is 9.09. The molecule has 0 radical (unpaired) electrons. The number of thioether (sulfide) groups is 1. The van der Waals surface area contributed by atoms with Gasteiger partial charge in [0.15, 0.2) is 0 Å². The van der Waals surface area contributed by atoms with Crippen LogP contribution < -0.4 is 0 Å². The van der Waals surface area contributed by atoms with Crippen LogP contribution in [-0.4, -0.2) is 11.3 Å². The van der Waals surface area contributed by atoms with Crippen molar-refractivity contribution in [1.82, 2.24) is 0 Å². The van der Waals surface area contributed by atoms with Gasteiger partial charge in [-0.3, -0.25) is 4.79 Å². The molecule has 106 valence electrons. The average molecular weight is 363 g/mol. The number of hydrogen-bond acceptors (Lipinski definition) is 2. The zero-order chi connectivity index (χ0) is 14.8. The fourth-order valence-electron chi connectivity index (χ4n) is 1.44. The van der Waals surface area contributed by atoms with Gasteiger partial charge in [-0.2, -0.15) is 13.2 Å². The lowest BCUT2D eigenvalue weighted by molar-refractivity contribution is -0.116. The van der Waals surface area contributed by atoms with Crippen molar-refractivity contribution in [3.63, 3.8) is 0 Å². The van der Waals surface area contributed by atoms with Crippen molar-refractivity contribution in [3.05, 3.63) is 29.3 Å². The van der Waals surface area contributed by atoms with Gasteiger partial charge in [-0.15, -0.1) is 0 Å². The van der Waals surface area contributed by atoms with Crippen molar-refractivity contribution < 1.29 is 26.7 Å². The quantitative estimate of drug-likeness (QED) is 0.412. The molecule has 0 aliphatic carbocycles. The molecule has 0 fully saturated rings. The lowest BCUT2D eigenvalue weighted by Gasteiger charge is -2.17. The third kappa shape index (κ3) is 4.45. The Morgan fingerprint density at radius 2 is 1.89 bits per heavy atom. The van der Waals surface area contributed by atoms with Gasteiger partial charge in [0.1, 0.15) is 5.78 Å². The summed E-state index contributed by atoms with van der Waals surface area (Å²) in [5.41, 5.74) is -5.52. The van der Waals surface area contributed by atoms with Crippen molar-refractivity contribution in [3.8, 4) is 0 Å². The predicted molar refractivity (Wildman–Crippen MR) is 65.7 cm³/mol. The summed E-state index contributed by atoms with van der Waals surface area (Å²) in [5.74, 6) is -0.544. The first-order valence-corrected chi connectivity index (χ1v) is 6.68. The summed E-state index contributed by atoms with van der Waals surface area (Å²) in [5, 5.41) is 0. The monoisotopic (exact) mass is 362 g/mol. The van der Waals surface area contributed by atoms with Gasteiger partial charge in [0.25, 0.3) is 6.43 Å². The Kier molecular flexibility index (Phi) is 5.37. The van der Waals surface area contributed by atoms with E-state index < -0.39 is 44.8 Å². The van der Waals surface area contributed by atoms with E-state index in [0.717, 1.165) is 25.1 Å². The number of ketones is 1. The van der Waals surface area contributed by atoms with E-state index in [1.807, 2.05) is 0 Å². The predicted octanol–water partition coefficient (Wildman–Crippen LogP) is 5.26. The molecule has 0 aromatic heterocycles. The van der Waals surface area contributed by atoms with Crippen LogP contribution in [0.1, 0.15) is 29.3 Å². The van der Waals surface area contributed by atoms with E-state index in [0.29, 0.717) is 0 Å². The maximum absolute atomic E-state index is 12.8. The molecule has 0 spiro atoms. The smallest absolute Gasteiger partial charge is 0.298 e. The molecule has 1 aromatic rings. The van der Waals surface area contributed by atoms with E-state index in [1.54, 1.807) is 0 Å². The molecule has 8 heteroatoms. The van der Waals surface area contributed by atoms with Gasteiger partial charge in [0, 0.05) is 10.5 Å². The molecule has 1 atom stereocenters. The molecule has 1 nitrogen and oxygen atoms in total. The Morgan fingerprint density at radius 1 is 1.32 bits per heavy atom. The van der Waals surface area contributed by atoms with Gasteiger partial charge in [-0.1, -0.05) is 28.1 Å². The lowest BCUT2D eigenvalue weighted by atomic mass is 10.0. The zero-order valence-corrected chi connectivity index (χ0v) is 11.9. The highest BCUT2D eigenvalue weighted by atomic mass is 79.9. The summed E-state index contributed by atoms with van der Waals surface area (Å²) in [7, 11) is 0. The standard InChI is InChI=1S/C11H8BrF5OS/c1-5(18)9(12)8-6(10(13)14)3-2-4-7(8)19-11(15,16)17/h2-4,9-10H,1H3. The Balaban J connectivity index is 3.38.